The van der Waals surface area contributed by atoms with Crippen LogP contribution in [-0.2, 0) is 0 Å². The number of fused-ring (bicyclic) bond motifs is 1. The van der Waals surface area contributed by atoms with Crippen LogP contribution in [-0.4, -0.2) is 33.6 Å². The number of carbonyl (C=O) groups is 1. The molecule has 21 heavy (non-hydrogen) atoms. The number of hydrogen-bond acceptors (Lipinski definition) is 3. The molecular weight excluding hydrogens is 264 g/mol. The molecule has 2 heterocycles. The van der Waals surface area contributed by atoms with Gasteiger partial charge in [0.15, 0.2) is 5.69 Å². The fourth-order valence-corrected chi connectivity index (χ4v) is 3.20. The largest absolute Gasteiger partial charge is 0.399 e. The fourth-order valence-electron chi connectivity index (χ4n) is 3.20. The standard InChI is InChI=1S/C16H22N4O/c1-2-12-6-4-3-5-9-20(12)16(21)15-13-10-11(17)7-8-14(13)18-19-15/h7-8,10,12H,2-6,9,17H2,1H3,(H,18,19). The van der Waals surface area contributed by atoms with E-state index >= 15 is 0 Å². The van der Waals surface area contributed by atoms with Crippen LogP contribution in [0.15, 0.2) is 18.2 Å². The lowest BCUT2D eigenvalue weighted by atomic mass is 10.1. The number of rotatable bonds is 2. The van der Waals surface area contributed by atoms with Gasteiger partial charge in [-0.25, -0.2) is 0 Å². The second-order valence-corrected chi connectivity index (χ2v) is 5.79. The molecule has 1 saturated heterocycles. The quantitative estimate of drug-likeness (QED) is 0.833. The highest BCUT2D eigenvalue weighted by Crippen LogP contribution is 2.24. The fraction of sp³-hybridized carbons (Fsp3) is 0.500. The van der Waals surface area contributed by atoms with Gasteiger partial charge in [-0.05, 0) is 37.5 Å². The summed E-state index contributed by atoms with van der Waals surface area (Å²) in [5, 5.41) is 7.99. The Morgan fingerprint density at radius 3 is 3.10 bits per heavy atom. The van der Waals surface area contributed by atoms with E-state index in [-0.39, 0.29) is 5.91 Å². The zero-order valence-electron chi connectivity index (χ0n) is 12.4. The van der Waals surface area contributed by atoms with Crippen molar-refractivity contribution in [1.29, 1.82) is 0 Å². The van der Waals surface area contributed by atoms with Crippen LogP contribution in [0.5, 0.6) is 0 Å². The van der Waals surface area contributed by atoms with Gasteiger partial charge < -0.3 is 10.6 Å². The van der Waals surface area contributed by atoms with E-state index in [9.17, 15) is 4.79 Å². The Morgan fingerprint density at radius 1 is 1.43 bits per heavy atom. The number of nitrogens with one attached hydrogen (secondary N) is 1. The van der Waals surface area contributed by atoms with Gasteiger partial charge in [0.25, 0.3) is 5.91 Å². The molecule has 0 spiro atoms. The first-order valence-electron chi connectivity index (χ1n) is 7.75. The molecule has 5 heteroatoms. The van der Waals surface area contributed by atoms with E-state index in [4.69, 9.17) is 5.73 Å². The smallest absolute Gasteiger partial charge is 0.275 e. The summed E-state index contributed by atoms with van der Waals surface area (Å²) < 4.78 is 0. The Kier molecular flexibility index (Phi) is 3.82. The van der Waals surface area contributed by atoms with Gasteiger partial charge in [-0.3, -0.25) is 9.89 Å². The third kappa shape index (κ3) is 2.60. The molecular formula is C16H22N4O. The van der Waals surface area contributed by atoms with Gasteiger partial charge in [0.05, 0.1) is 5.52 Å². The average molecular weight is 286 g/mol. The Morgan fingerprint density at radius 2 is 2.29 bits per heavy atom. The maximum Gasteiger partial charge on any atom is 0.275 e. The molecule has 1 aliphatic heterocycles. The maximum absolute atomic E-state index is 12.9. The van der Waals surface area contributed by atoms with Crippen LogP contribution < -0.4 is 5.73 Å². The maximum atomic E-state index is 12.9. The lowest BCUT2D eigenvalue weighted by molar-refractivity contribution is 0.0674. The van der Waals surface area contributed by atoms with Crippen LogP contribution in [0, 0.1) is 0 Å². The van der Waals surface area contributed by atoms with E-state index in [1.54, 1.807) is 0 Å². The van der Waals surface area contributed by atoms with Gasteiger partial charge >= 0.3 is 0 Å². The highest BCUT2D eigenvalue weighted by molar-refractivity contribution is 6.05. The second-order valence-electron chi connectivity index (χ2n) is 5.79. The van der Waals surface area contributed by atoms with Crippen LogP contribution in [0.25, 0.3) is 10.9 Å². The highest BCUT2D eigenvalue weighted by Gasteiger charge is 2.27. The molecule has 0 bridgehead atoms. The summed E-state index contributed by atoms with van der Waals surface area (Å²) in [6.07, 6.45) is 5.57. The average Bonchev–Trinajstić information content (AvgIpc) is 2.75. The predicted molar refractivity (Wildman–Crippen MR) is 84.1 cm³/mol. The molecule has 112 valence electrons. The minimum Gasteiger partial charge on any atom is -0.399 e. The summed E-state index contributed by atoms with van der Waals surface area (Å²) in [5.41, 5.74) is 7.85. The molecule has 5 nitrogen and oxygen atoms in total. The zero-order chi connectivity index (χ0) is 14.8. The van der Waals surface area contributed by atoms with Crippen molar-refractivity contribution in [3.63, 3.8) is 0 Å². The van der Waals surface area contributed by atoms with Crippen molar-refractivity contribution >= 4 is 22.5 Å². The highest BCUT2D eigenvalue weighted by atomic mass is 16.2. The SMILES string of the molecule is CCC1CCCCCN1C(=O)c1n[nH]c2ccc(N)cc12. The molecule has 2 aromatic rings. The Hall–Kier alpha value is -2.04. The number of amides is 1. The van der Waals surface area contributed by atoms with Crippen molar-refractivity contribution in [3.8, 4) is 0 Å². The third-order valence-electron chi connectivity index (χ3n) is 4.40. The van der Waals surface area contributed by atoms with Gasteiger partial charge in [-0.1, -0.05) is 19.8 Å². The minimum absolute atomic E-state index is 0.0283. The molecule has 0 aliphatic carbocycles. The lowest BCUT2D eigenvalue weighted by Gasteiger charge is -2.28. The van der Waals surface area contributed by atoms with Crippen LogP contribution in [0.1, 0.15) is 49.5 Å². The third-order valence-corrected chi connectivity index (χ3v) is 4.40. The van der Waals surface area contributed by atoms with Crippen LogP contribution in [0.4, 0.5) is 5.69 Å². The monoisotopic (exact) mass is 286 g/mol. The number of nitrogens with two attached hydrogens (primary N) is 1. The number of benzene rings is 1. The van der Waals surface area contributed by atoms with E-state index in [1.165, 1.54) is 12.8 Å². The number of likely N-dealkylation sites (tertiary alicyclic amines) is 1. The van der Waals surface area contributed by atoms with Crippen LogP contribution >= 0.6 is 0 Å². The predicted octanol–water partition coefficient (Wildman–Crippen LogP) is 2.94. The summed E-state index contributed by atoms with van der Waals surface area (Å²) in [6, 6.07) is 5.84. The molecule has 0 saturated carbocycles. The summed E-state index contributed by atoms with van der Waals surface area (Å²) in [6.45, 7) is 2.98. The topological polar surface area (TPSA) is 75.0 Å². The molecule has 1 aromatic heterocycles. The number of aromatic amines is 1. The van der Waals surface area contributed by atoms with E-state index in [0.29, 0.717) is 17.4 Å². The van der Waals surface area contributed by atoms with E-state index in [0.717, 1.165) is 36.7 Å². The number of H-pyrrole nitrogens is 1. The van der Waals surface area contributed by atoms with E-state index in [2.05, 4.69) is 17.1 Å². The minimum atomic E-state index is 0.0283. The Labute approximate surface area is 124 Å². The van der Waals surface area contributed by atoms with Crippen molar-refractivity contribution < 1.29 is 4.79 Å². The number of nitrogen functional groups attached to an aromatic ring is 1. The van der Waals surface area contributed by atoms with Gasteiger partial charge in [-0.15, -0.1) is 0 Å². The van der Waals surface area contributed by atoms with E-state index < -0.39 is 0 Å². The van der Waals surface area contributed by atoms with Crippen molar-refractivity contribution in [2.75, 3.05) is 12.3 Å². The molecule has 1 atom stereocenters. The second kappa shape index (κ2) is 5.76. The number of anilines is 1. The Balaban J connectivity index is 1.96. The first kappa shape index (κ1) is 13.9. The van der Waals surface area contributed by atoms with Gasteiger partial charge in [0.1, 0.15) is 0 Å². The lowest BCUT2D eigenvalue weighted by Crippen LogP contribution is -2.39. The van der Waals surface area contributed by atoms with E-state index in [1.807, 2.05) is 23.1 Å². The summed E-state index contributed by atoms with van der Waals surface area (Å²) in [4.78, 5) is 14.9. The van der Waals surface area contributed by atoms with Crippen LogP contribution in [0.3, 0.4) is 0 Å². The number of hydrogen-bond donors (Lipinski definition) is 2. The molecule has 3 N–H and O–H groups in total. The Bertz CT molecular complexity index is 649. The molecule has 3 rings (SSSR count). The number of carbonyl (C=O) groups excluding carboxylic acids is 1. The molecule has 1 fully saturated rings. The summed E-state index contributed by atoms with van der Waals surface area (Å²) >= 11 is 0. The molecule has 1 aromatic carbocycles. The summed E-state index contributed by atoms with van der Waals surface area (Å²) in [7, 11) is 0. The van der Waals surface area contributed by atoms with Crippen molar-refractivity contribution in [1.82, 2.24) is 15.1 Å². The first-order valence-corrected chi connectivity index (χ1v) is 7.75. The molecule has 1 unspecified atom stereocenters. The van der Waals surface area contributed by atoms with Gasteiger partial charge in [0.2, 0.25) is 0 Å². The molecule has 1 amide bonds. The van der Waals surface area contributed by atoms with Crippen molar-refractivity contribution in [2.24, 2.45) is 0 Å². The first-order chi connectivity index (χ1) is 10.2. The molecule has 0 radical (unpaired) electrons. The number of nitrogens with zero attached hydrogens (tertiary/aromatic N) is 2. The molecule has 1 aliphatic rings. The van der Waals surface area contributed by atoms with Crippen molar-refractivity contribution in [2.45, 2.75) is 45.1 Å². The number of aromatic nitrogens is 2. The van der Waals surface area contributed by atoms with Gasteiger partial charge in [0, 0.05) is 23.7 Å². The van der Waals surface area contributed by atoms with Gasteiger partial charge in [-0.2, -0.15) is 5.10 Å². The van der Waals surface area contributed by atoms with Crippen LogP contribution in [0.2, 0.25) is 0 Å². The normalized spacial score (nSPS) is 19.7. The zero-order valence-corrected chi connectivity index (χ0v) is 12.4. The summed E-state index contributed by atoms with van der Waals surface area (Å²) in [5.74, 6) is 0.0283. The van der Waals surface area contributed by atoms with Crippen molar-refractivity contribution in [3.05, 3.63) is 23.9 Å².